The first-order valence-corrected chi connectivity index (χ1v) is 9.98. The average Bonchev–Trinajstić information content (AvgIpc) is 2.92. The number of cyclic esters (lactones) is 1. The Balaban J connectivity index is 1.50. The Morgan fingerprint density at radius 1 is 1.30 bits per heavy atom. The molecule has 1 unspecified atom stereocenters. The van der Waals surface area contributed by atoms with E-state index in [1.165, 1.54) is 5.56 Å². The van der Waals surface area contributed by atoms with Gasteiger partial charge in [0.1, 0.15) is 0 Å². The number of fused-ring (bicyclic) bond motifs is 1. The molecule has 1 atom stereocenters. The van der Waals surface area contributed by atoms with Gasteiger partial charge in [-0.2, -0.15) is 0 Å². The standard InChI is InChI=1S/C22H30N2O3/c1-3-17(2)15-21(25)24-10-4-9-23(12-13-24)11-7-18-5-6-20-19(16-18)8-14-27-22(20)26/h3,5-6,16-17H,1,4,7-15H2,2H3. The highest BCUT2D eigenvalue weighted by Gasteiger charge is 2.21. The molecule has 1 saturated heterocycles. The number of hydrogen-bond donors (Lipinski definition) is 0. The molecule has 1 aromatic rings. The molecule has 27 heavy (non-hydrogen) atoms. The Kier molecular flexibility index (Phi) is 6.67. The minimum absolute atomic E-state index is 0.203. The first kappa shape index (κ1) is 19.6. The summed E-state index contributed by atoms with van der Waals surface area (Å²) in [7, 11) is 0. The number of carbonyl (C=O) groups excluding carboxylic acids is 2. The smallest absolute Gasteiger partial charge is 0.338 e. The molecule has 0 bridgehead atoms. The molecule has 0 aliphatic carbocycles. The van der Waals surface area contributed by atoms with Crippen LogP contribution in [0.4, 0.5) is 0 Å². The Bertz CT molecular complexity index is 701. The topological polar surface area (TPSA) is 49.9 Å². The van der Waals surface area contributed by atoms with E-state index in [9.17, 15) is 9.59 Å². The molecule has 2 aliphatic rings. The number of hydrogen-bond acceptors (Lipinski definition) is 4. The Morgan fingerprint density at radius 3 is 2.96 bits per heavy atom. The van der Waals surface area contributed by atoms with Crippen molar-refractivity contribution in [3.63, 3.8) is 0 Å². The van der Waals surface area contributed by atoms with Crippen LogP contribution in [0.15, 0.2) is 30.9 Å². The number of carbonyl (C=O) groups is 2. The number of amides is 1. The fourth-order valence-electron chi connectivity index (χ4n) is 3.76. The van der Waals surface area contributed by atoms with Crippen molar-refractivity contribution in [2.45, 2.75) is 32.6 Å². The lowest BCUT2D eigenvalue weighted by molar-refractivity contribution is -0.131. The Labute approximate surface area is 162 Å². The van der Waals surface area contributed by atoms with E-state index in [4.69, 9.17) is 4.74 Å². The van der Waals surface area contributed by atoms with Gasteiger partial charge < -0.3 is 14.5 Å². The van der Waals surface area contributed by atoms with E-state index in [2.05, 4.69) is 17.5 Å². The van der Waals surface area contributed by atoms with Crippen LogP contribution < -0.4 is 0 Å². The van der Waals surface area contributed by atoms with Crippen molar-refractivity contribution in [1.29, 1.82) is 0 Å². The van der Waals surface area contributed by atoms with Crippen LogP contribution in [-0.4, -0.2) is 61.0 Å². The second-order valence-corrected chi connectivity index (χ2v) is 7.62. The van der Waals surface area contributed by atoms with Gasteiger partial charge in [0.25, 0.3) is 0 Å². The van der Waals surface area contributed by atoms with E-state index in [-0.39, 0.29) is 17.8 Å². The number of benzene rings is 1. The molecule has 0 spiro atoms. The molecule has 2 aliphatic heterocycles. The molecule has 1 fully saturated rings. The third kappa shape index (κ3) is 5.19. The summed E-state index contributed by atoms with van der Waals surface area (Å²) in [6.07, 6.45) is 5.19. The van der Waals surface area contributed by atoms with Gasteiger partial charge >= 0.3 is 5.97 Å². The fraction of sp³-hybridized carbons (Fsp3) is 0.545. The van der Waals surface area contributed by atoms with Crippen LogP contribution in [0.1, 0.15) is 41.3 Å². The molecule has 0 saturated carbocycles. The van der Waals surface area contributed by atoms with Gasteiger partial charge in [-0.25, -0.2) is 4.79 Å². The van der Waals surface area contributed by atoms with E-state index >= 15 is 0 Å². The highest BCUT2D eigenvalue weighted by atomic mass is 16.5. The lowest BCUT2D eigenvalue weighted by Gasteiger charge is -2.23. The van der Waals surface area contributed by atoms with Crippen molar-refractivity contribution in [3.8, 4) is 0 Å². The van der Waals surface area contributed by atoms with Crippen molar-refractivity contribution in [2.75, 3.05) is 39.3 Å². The summed E-state index contributed by atoms with van der Waals surface area (Å²) < 4.78 is 5.09. The van der Waals surface area contributed by atoms with Crippen molar-refractivity contribution in [3.05, 3.63) is 47.5 Å². The summed E-state index contributed by atoms with van der Waals surface area (Å²) in [5.74, 6) is 0.273. The normalized spacial score (nSPS) is 19.0. The molecule has 1 amide bonds. The number of rotatable bonds is 6. The van der Waals surface area contributed by atoms with Crippen LogP contribution in [0.3, 0.4) is 0 Å². The maximum absolute atomic E-state index is 12.4. The van der Waals surface area contributed by atoms with Crippen LogP contribution in [0, 0.1) is 5.92 Å². The van der Waals surface area contributed by atoms with Gasteiger partial charge in [-0.15, -0.1) is 6.58 Å². The zero-order valence-corrected chi connectivity index (χ0v) is 16.3. The quantitative estimate of drug-likeness (QED) is 0.571. The van der Waals surface area contributed by atoms with Gasteiger partial charge in [0.2, 0.25) is 5.91 Å². The Hall–Kier alpha value is -2.14. The lowest BCUT2D eigenvalue weighted by Crippen LogP contribution is -2.36. The zero-order chi connectivity index (χ0) is 19.2. The van der Waals surface area contributed by atoms with E-state index < -0.39 is 0 Å². The van der Waals surface area contributed by atoms with Gasteiger partial charge in [0, 0.05) is 39.0 Å². The van der Waals surface area contributed by atoms with Crippen LogP contribution in [-0.2, 0) is 22.4 Å². The maximum Gasteiger partial charge on any atom is 0.338 e. The summed E-state index contributed by atoms with van der Waals surface area (Å²) in [6.45, 7) is 10.9. The Morgan fingerprint density at radius 2 is 2.15 bits per heavy atom. The molecular formula is C22H30N2O3. The number of nitrogens with zero attached hydrogens (tertiary/aromatic N) is 2. The number of allylic oxidation sites excluding steroid dienone is 1. The number of esters is 1. The molecule has 2 heterocycles. The van der Waals surface area contributed by atoms with Crippen LogP contribution >= 0.6 is 0 Å². The van der Waals surface area contributed by atoms with Gasteiger partial charge in [-0.05, 0) is 42.5 Å². The molecule has 5 heteroatoms. The van der Waals surface area contributed by atoms with Crippen LogP contribution in [0.2, 0.25) is 0 Å². The van der Waals surface area contributed by atoms with Gasteiger partial charge in [0.15, 0.2) is 0 Å². The maximum atomic E-state index is 12.4. The molecule has 3 rings (SSSR count). The zero-order valence-electron chi connectivity index (χ0n) is 16.3. The summed E-state index contributed by atoms with van der Waals surface area (Å²) in [5.41, 5.74) is 3.08. The summed E-state index contributed by atoms with van der Waals surface area (Å²) >= 11 is 0. The highest BCUT2D eigenvalue weighted by Crippen LogP contribution is 2.19. The SMILES string of the molecule is C=CC(C)CC(=O)N1CCCN(CCc2ccc3c(c2)CCOC3=O)CC1. The lowest BCUT2D eigenvalue weighted by atomic mass is 9.98. The van der Waals surface area contributed by atoms with Gasteiger partial charge in [-0.3, -0.25) is 4.79 Å². The highest BCUT2D eigenvalue weighted by molar-refractivity contribution is 5.92. The van der Waals surface area contributed by atoms with Crippen LogP contribution in [0.25, 0.3) is 0 Å². The van der Waals surface area contributed by atoms with Gasteiger partial charge in [-0.1, -0.05) is 25.1 Å². The monoisotopic (exact) mass is 370 g/mol. The largest absolute Gasteiger partial charge is 0.462 e. The number of ether oxygens (including phenoxy) is 1. The molecule has 0 radical (unpaired) electrons. The third-order valence-corrected chi connectivity index (χ3v) is 5.55. The first-order chi connectivity index (χ1) is 13.1. The predicted octanol–water partition coefficient (Wildman–Crippen LogP) is 2.69. The van der Waals surface area contributed by atoms with E-state index in [1.807, 2.05) is 30.0 Å². The average molecular weight is 370 g/mol. The van der Waals surface area contributed by atoms with Gasteiger partial charge in [0.05, 0.1) is 12.2 Å². The summed E-state index contributed by atoms with van der Waals surface area (Å²) in [5, 5.41) is 0. The summed E-state index contributed by atoms with van der Waals surface area (Å²) in [4.78, 5) is 28.6. The predicted molar refractivity (Wildman–Crippen MR) is 106 cm³/mol. The molecule has 0 N–H and O–H groups in total. The minimum Gasteiger partial charge on any atom is -0.462 e. The van der Waals surface area contributed by atoms with Crippen molar-refractivity contribution in [1.82, 2.24) is 9.80 Å². The van der Waals surface area contributed by atoms with E-state index in [0.717, 1.165) is 57.5 Å². The van der Waals surface area contributed by atoms with Crippen molar-refractivity contribution < 1.29 is 14.3 Å². The molecule has 5 nitrogen and oxygen atoms in total. The second kappa shape index (κ2) is 9.18. The third-order valence-electron chi connectivity index (χ3n) is 5.55. The van der Waals surface area contributed by atoms with Crippen molar-refractivity contribution in [2.24, 2.45) is 5.92 Å². The molecule has 146 valence electrons. The molecular weight excluding hydrogens is 340 g/mol. The first-order valence-electron chi connectivity index (χ1n) is 9.98. The van der Waals surface area contributed by atoms with E-state index in [1.54, 1.807) is 0 Å². The fourth-order valence-corrected chi connectivity index (χ4v) is 3.76. The molecule has 0 aromatic heterocycles. The summed E-state index contributed by atoms with van der Waals surface area (Å²) in [6, 6.07) is 6.09. The second-order valence-electron chi connectivity index (χ2n) is 7.62. The van der Waals surface area contributed by atoms with E-state index in [0.29, 0.717) is 18.6 Å². The minimum atomic E-state index is -0.203. The van der Waals surface area contributed by atoms with Crippen LogP contribution in [0.5, 0.6) is 0 Å². The van der Waals surface area contributed by atoms with Crippen molar-refractivity contribution >= 4 is 11.9 Å². The molecule has 1 aromatic carbocycles.